The summed E-state index contributed by atoms with van der Waals surface area (Å²) in [6, 6.07) is 15.4. The number of nitrogens with one attached hydrogen (secondary N) is 2. The number of aryl methyl sites for hydroxylation is 1. The van der Waals surface area contributed by atoms with E-state index in [1.165, 1.54) is 29.7 Å². The van der Waals surface area contributed by atoms with E-state index in [1.54, 1.807) is 19.2 Å². The number of hydrogen-bond donors (Lipinski definition) is 2. The molecule has 0 fully saturated rings. The Hall–Kier alpha value is -2.58. The second-order valence-electron chi connectivity index (χ2n) is 7.20. The molecule has 2 aromatic rings. The van der Waals surface area contributed by atoms with Crippen LogP contribution in [-0.2, 0) is 16.6 Å². The standard InChI is InChI=1S/C22H33N5O2S/c1-6-27(20-9-7-8-18(2)16-20)15-14-24-22(23-3)25-17-19-10-12-21(13-11-19)30(28,29)26(4)5/h7-13,16H,6,14-15,17H2,1-5H3,(H2,23,24,25). The smallest absolute Gasteiger partial charge is 0.242 e. The van der Waals surface area contributed by atoms with Crippen LogP contribution in [0.15, 0.2) is 58.4 Å². The number of aliphatic imine (C=N–C) groups is 1. The van der Waals surface area contributed by atoms with Crippen molar-refractivity contribution in [1.29, 1.82) is 0 Å². The number of rotatable bonds is 9. The monoisotopic (exact) mass is 431 g/mol. The summed E-state index contributed by atoms with van der Waals surface area (Å²) in [6.07, 6.45) is 0. The molecule has 0 spiro atoms. The molecule has 0 saturated heterocycles. The van der Waals surface area contributed by atoms with Gasteiger partial charge in [0.1, 0.15) is 0 Å². The van der Waals surface area contributed by atoms with E-state index < -0.39 is 10.0 Å². The van der Waals surface area contributed by atoms with Gasteiger partial charge in [-0.25, -0.2) is 12.7 Å². The van der Waals surface area contributed by atoms with Crippen LogP contribution in [0.25, 0.3) is 0 Å². The number of sulfonamides is 1. The van der Waals surface area contributed by atoms with E-state index in [1.807, 2.05) is 12.1 Å². The third-order valence-electron chi connectivity index (χ3n) is 4.81. The van der Waals surface area contributed by atoms with Gasteiger partial charge in [0, 0.05) is 53.0 Å². The van der Waals surface area contributed by atoms with Crippen LogP contribution in [0.5, 0.6) is 0 Å². The van der Waals surface area contributed by atoms with Crippen molar-refractivity contribution in [3.05, 3.63) is 59.7 Å². The first-order chi connectivity index (χ1) is 14.3. The van der Waals surface area contributed by atoms with Gasteiger partial charge in [-0.2, -0.15) is 0 Å². The van der Waals surface area contributed by atoms with Gasteiger partial charge in [0.25, 0.3) is 0 Å². The third-order valence-corrected chi connectivity index (χ3v) is 6.64. The average molecular weight is 432 g/mol. The average Bonchev–Trinajstić information content (AvgIpc) is 2.73. The Labute approximate surface area is 180 Å². The summed E-state index contributed by atoms with van der Waals surface area (Å²) >= 11 is 0. The molecule has 2 rings (SSSR count). The van der Waals surface area contributed by atoms with E-state index in [0.29, 0.717) is 12.5 Å². The van der Waals surface area contributed by atoms with Gasteiger partial charge in [-0.15, -0.1) is 0 Å². The van der Waals surface area contributed by atoms with E-state index >= 15 is 0 Å². The molecule has 0 radical (unpaired) electrons. The lowest BCUT2D eigenvalue weighted by Crippen LogP contribution is -2.41. The van der Waals surface area contributed by atoms with Crippen LogP contribution < -0.4 is 15.5 Å². The number of likely N-dealkylation sites (N-methyl/N-ethyl adjacent to an activating group) is 1. The molecule has 0 aliphatic rings. The topological polar surface area (TPSA) is 77.0 Å². The van der Waals surface area contributed by atoms with Crippen LogP contribution in [0.3, 0.4) is 0 Å². The first kappa shape index (κ1) is 23.7. The van der Waals surface area contributed by atoms with Crippen LogP contribution in [-0.4, -0.2) is 59.5 Å². The summed E-state index contributed by atoms with van der Waals surface area (Å²) in [5.41, 5.74) is 3.45. The fourth-order valence-corrected chi connectivity index (χ4v) is 3.90. The van der Waals surface area contributed by atoms with Crippen molar-refractivity contribution >= 4 is 21.7 Å². The van der Waals surface area contributed by atoms with E-state index in [2.05, 4.69) is 58.6 Å². The molecular weight excluding hydrogens is 398 g/mol. The Morgan fingerprint density at radius 2 is 1.77 bits per heavy atom. The normalized spacial score (nSPS) is 12.1. The minimum Gasteiger partial charge on any atom is -0.370 e. The van der Waals surface area contributed by atoms with Crippen molar-refractivity contribution in [1.82, 2.24) is 14.9 Å². The van der Waals surface area contributed by atoms with Crippen LogP contribution in [0, 0.1) is 6.92 Å². The fraction of sp³-hybridized carbons (Fsp3) is 0.409. The van der Waals surface area contributed by atoms with Crippen LogP contribution in [0.4, 0.5) is 5.69 Å². The molecule has 2 N–H and O–H groups in total. The molecule has 0 amide bonds. The summed E-state index contributed by atoms with van der Waals surface area (Å²) < 4.78 is 25.5. The molecule has 0 aromatic heterocycles. The Morgan fingerprint density at radius 3 is 2.33 bits per heavy atom. The summed E-state index contributed by atoms with van der Waals surface area (Å²) in [6.45, 7) is 7.34. The summed E-state index contributed by atoms with van der Waals surface area (Å²) in [5, 5.41) is 6.60. The van der Waals surface area contributed by atoms with Crippen molar-refractivity contribution in [2.45, 2.75) is 25.3 Å². The number of benzene rings is 2. The Morgan fingerprint density at radius 1 is 1.07 bits per heavy atom. The maximum atomic E-state index is 12.2. The van der Waals surface area contributed by atoms with Crippen molar-refractivity contribution in [3.63, 3.8) is 0 Å². The highest BCUT2D eigenvalue weighted by molar-refractivity contribution is 7.89. The highest BCUT2D eigenvalue weighted by Crippen LogP contribution is 2.15. The first-order valence-corrected chi connectivity index (χ1v) is 11.5. The molecule has 30 heavy (non-hydrogen) atoms. The van der Waals surface area contributed by atoms with Crippen molar-refractivity contribution in [2.24, 2.45) is 4.99 Å². The zero-order chi connectivity index (χ0) is 22.1. The molecule has 2 aromatic carbocycles. The quantitative estimate of drug-likeness (QED) is 0.471. The molecule has 8 heteroatoms. The highest BCUT2D eigenvalue weighted by atomic mass is 32.2. The molecular formula is C22H33N5O2S. The molecule has 0 unspecified atom stereocenters. The maximum absolute atomic E-state index is 12.2. The van der Waals surface area contributed by atoms with Crippen LogP contribution in [0.2, 0.25) is 0 Å². The lowest BCUT2D eigenvalue weighted by molar-refractivity contribution is 0.520. The third kappa shape index (κ3) is 6.47. The van der Waals surface area contributed by atoms with Gasteiger partial charge in [-0.3, -0.25) is 4.99 Å². The predicted octanol–water partition coefficient (Wildman–Crippen LogP) is 2.44. The lowest BCUT2D eigenvalue weighted by atomic mass is 10.2. The number of hydrogen-bond acceptors (Lipinski definition) is 4. The van der Waals surface area contributed by atoms with Gasteiger partial charge < -0.3 is 15.5 Å². The zero-order valence-corrected chi connectivity index (χ0v) is 19.3. The highest BCUT2D eigenvalue weighted by Gasteiger charge is 2.16. The van der Waals surface area contributed by atoms with Gasteiger partial charge in [0.05, 0.1) is 4.90 Å². The SMILES string of the molecule is CCN(CCNC(=NC)NCc1ccc(S(=O)(=O)N(C)C)cc1)c1cccc(C)c1. The minimum atomic E-state index is -3.41. The number of anilines is 1. The van der Waals surface area contributed by atoms with E-state index in [-0.39, 0.29) is 4.90 Å². The molecule has 0 bridgehead atoms. The molecule has 0 aliphatic carbocycles. The van der Waals surface area contributed by atoms with Gasteiger partial charge in [-0.05, 0) is 49.2 Å². The van der Waals surface area contributed by atoms with Crippen molar-refractivity contribution in [2.75, 3.05) is 45.7 Å². The fourth-order valence-electron chi connectivity index (χ4n) is 3.00. The second-order valence-corrected chi connectivity index (χ2v) is 9.35. The lowest BCUT2D eigenvalue weighted by Gasteiger charge is -2.24. The molecule has 0 aliphatic heterocycles. The first-order valence-electron chi connectivity index (χ1n) is 10.1. The van der Waals surface area contributed by atoms with E-state index in [9.17, 15) is 8.42 Å². The van der Waals surface area contributed by atoms with Gasteiger partial charge in [-0.1, -0.05) is 24.3 Å². The molecule has 7 nitrogen and oxygen atoms in total. The van der Waals surface area contributed by atoms with E-state index in [0.717, 1.165) is 25.2 Å². The molecule has 0 atom stereocenters. The molecule has 164 valence electrons. The predicted molar refractivity (Wildman–Crippen MR) is 125 cm³/mol. The van der Waals surface area contributed by atoms with E-state index in [4.69, 9.17) is 0 Å². The number of guanidine groups is 1. The van der Waals surface area contributed by atoms with Crippen LogP contribution in [0.1, 0.15) is 18.1 Å². The largest absolute Gasteiger partial charge is 0.370 e. The Kier molecular flexibility index (Phi) is 8.68. The molecule has 0 heterocycles. The van der Waals surface area contributed by atoms with Crippen molar-refractivity contribution in [3.8, 4) is 0 Å². The number of nitrogens with zero attached hydrogens (tertiary/aromatic N) is 3. The van der Waals surface area contributed by atoms with Crippen molar-refractivity contribution < 1.29 is 8.42 Å². The Balaban J connectivity index is 1.86. The van der Waals surface area contributed by atoms with Gasteiger partial charge >= 0.3 is 0 Å². The second kappa shape index (κ2) is 11.0. The Bertz CT molecular complexity index is 940. The molecule has 0 saturated carbocycles. The summed E-state index contributed by atoms with van der Waals surface area (Å²) in [7, 11) is 1.38. The summed E-state index contributed by atoms with van der Waals surface area (Å²) in [4.78, 5) is 6.87. The van der Waals surface area contributed by atoms with Gasteiger partial charge in [0.15, 0.2) is 5.96 Å². The minimum absolute atomic E-state index is 0.287. The van der Waals surface area contributed by atoms with Crippen LogP contribution >= 0.6 is 0 Å². The zero-order valence-electron chi connectivity index (χ0n) is 18.5. The summed E-state index contributed by atoms with van der Waals surface area (Å²) in [5.74, 6) is 0.709. The van der Waals surface area contributed by atoms with Gasteiger partial charge in [0.2, 0.25) is 10.0 Å². The maximum Gasteiger partial charge on any atom is 0.242 e.